The van der Waals surface area contributed by atoms with Crippen LogP contribution in [0.3, 0.4) is 0 Å². The number of rotatable bonds is 17. The lowest BCUT2D eigenvalue weighted by Crippen LogP contribution is -2.55. The Labute approximate surface area is 246 Å². The summed E-state index contributed by atoms with van der Waals surface area (Å²) in [7, 11) is 1.10. The van der Waals surface area contributed by atoms with E-state index >= 15 is 0 Å². The monoisotopic (exact) mass is 630 g/mol. The van der Waals surface area contributed by atoms with E-state index in [-0.39, 0.29) is 13.0 Å². The number of ether oxygens (including phenoxy) is 3. The summed E-state index contributed by atoms with van der Waals surface area (Å²) in [4.78, 5) is 112. The number of nitrogens with zero attached hydrogens (tertiary/aromatic N) is 6. The van der Waals surface area contributed by atoms with Gasteiger partial charge in [-0.2, -0.15) is 0 Å². The smallest absolute Gasteiger partial charge is 0.336 e. The van der Waals surface area contributed by atoms with Gasteiger partial charge in [0.05, 0.1) is 65.8 Å². The third-order valence-corrected chi connectivity index (χ3v) is 6.15. The van der Waals surface area contributed by atoms with Gasteiger partial charge in [0.2, 0.25) is 0 Å². The molecule has 0 unspecified atom stereocenters. The van der Waals surface area contributed by atoms with E-state index in [9.17, 15) is 43.2 Å². The van der Waals surface area contributed by atoms with Crippen LogP contribution in [0, 0.1) is 0 Å². The van der Waals surface area contributed by atoms with E-state index in [1.54, 1.807) is 6.92 Å². The molecule has 20 heteroatoms. The lowest BCUT2D eigenvalue weighted by atomic mass is 10.4. The van der Waals surface area contributed by atoms with Gasteiger partial charge in [-0.05, 0) is 6.92 Å². The Balaban J connectivity index is 2.27. The predicted octanol–water partition coefficient (Wildman–Crippen LogP) is -5.21. The maximum absolute atomic E-state index is 13.0. The third kappa shape index (κ3) is 8.60. The fraction of sp³-hybridized carbons (Fsp3) is 0.625. The molecule has 2 rings (SSSR count). The molecule has 0 aliphatic rings. The van der Waals surface area contributed by atoms with Gasteiger partial charge in [0.15, 0.2) is 0 Å². The average molecular weight is 631 g/mol. The SMILES string of the molecule is CCOC(=O)CCn1c(=O)n(CCC(=O)OC)c(=O)n(CCC(=O)OCCn2c(=O)n(CCO)c(=O)n(CCO)c2=O)c1=O. The largest absolute Gasteiger partial charge is 0.469 e. The number of methoxy groups -OCH3 is 1. The highest BCUT2D eigenvalue weighted by Gasteiger charge is 2.19. The van der Waals surface area contributed by atoms with E-state index in [0.717, 1.165) is 7.11 Å². The average Bonchev–Trinajstić information content (AvgIpc) is 2.98. The maximum Gasteiger partial charge on any atom is 0.336 e. The molecular weight excluding hydrogens is 596 g/mol. The van der Waals surface area contributed by atoms with Crippen LogP contribution in [0.2, 0.25) is 0 Å². The molecule has 0 amide bonds. The van der Waals surface area contributed by atoms with Crippen LogP contribution < -0.4 is 34.1 Å². The Morgan fingerprint density at radius 2 is 0.841 bits per heavy atom. The second kappa shape index (κ2) is 16.7. The molecule has 0 spiro atoms. The predicted molar refractivity (Wildman–Crippen MR) is 146 cm³/mol. The summed E-state index contributed by atoms with van der Waals surface area (Å²) in [6, 6.07) is 0. The summed E-state index contributed by atoms with van der Waals surface area (Å²) in [6.07, 6.45) is -1.37. The number of aromatic nitrogens is 6. The number of aliphatic hydroxyl groups is 2. The van der Waals surface area contributed by atoms with Crippen molar-refractivity contribution in [1.29, 1.82) is 0 Å². The Kier molecular flexibility index (Phi) is 13.4. The molecule has 0 atom stereocenters. The van der Waals surface area contributed by atoms with Crippen LogP contribution in [0.4, 0.5) is 0 Å². The molecular formula is C24H34N6O14. The summed E-state index contributed by atoms with van der Waals surface area (Å²) >= 11 is 0. The lowest BCUT2D eigenvalue weighted by molar-refractivity contribution is -0.144. The van der Waals surface area contributed by atoms with Crippen molar-refractivity contribution in [2.75, 3.05) is 33.5 Å². The van der Waals surface area contributed by atoms with Crippen molar-refractivity contribution in [3.8, 4) is 0 Å². The van der Waals surface area contributed by atoms with Crippen LogP contribution in [0.15, 0.2) is 28.8 Å². The zero-order valence-corrected chi connectivity index (χ0v) is 24.2. The van der Waals surface area contributed by atoms with Crippen molar-refractivity contribution in [2.45, 2.75) is 65.5 Å². The first-order valence-electron chi connectivity index (χ1n) is 13.4. The van der Waals surface area contributed by atoms with E-state index in [1.165, 1.54) is 0 Å². The van der Waals surface area contributed by atoms with Gasteiger partial charge in [-0.3, -0.25) is 14.4 Å². The lowest BCUT2D eigenvalue weighted by Gasteiger charge is -2.14. The Morgan fingerprint density at radius 1 is 0.523 bits per heavy atom. The van der Waals surface area contributed by atoms with Gasteiger partial charge in [-0.15, -0.1) is 0 Å². The number of aliphatic hydroxyl groups excluding tert-OH is 2. The van der Waals surface area contributed by atoms with Crippen LogP contribution in [-0.4, -0.2) is 89.1 Å². The van der Waals surface area contributed by atoms with E-state index in [4.69, 9.17) is 19.7 Å². The number of hydrogen-bond donors (Lipinski definition) is 2. The molecule has 0 aliphatic heterocycles. The van der Waals surface area contributed by atoms with E-state index in [0.29, 0.717) is 27.4 Å². The van der Waals surface area contributed by atoms with E-state index in [2.05, 4.69) is 4.74 Å². The zero-order chi connectivity index (χ0) is 33.0. The van der Waals surface area contributed by atoms with Gasteiger partial charge in [0.25, 0.3) is 0 Å². The van der Waals surface area contributed by atoms with Gasteiger partial charge in [0.1, 0.15) is 6.61 Å². The minimum Gasteiger partial charge on any atom is -0.469 e. The standard InChI is InChI=1S/C24H34N6O14/c1-3-43-17(34)5-8-26-19(36)25(7-4-16(33)42-2)20(37)27(21(26)38)9-6-18(35)44-15-12-30-23(40)28(10-13-31)22(39)29(11-14-32)24(30)41/h31-32H,3-15H2,1-2H3. The van der Waals surface area contributed by atoms with Crippen molar-refractivity contribution in [1.82, 2.24) is 27.4 Å². The Morgan fingerprint density at radius 3 is 1.18 bits per heavy atom. The van der Waals surface area contributed by atoms with Gasteiger partial charge >= 0.3 is 52.0 Å². The summed E-state index contributed by atoms with van der Waals surface area (Å²) < 4.78 is 17.8. The molecule has 244 valence electrons. The zero-order valence-electron chi connectivity index (χ0n) is 24.2. The fourth-order valence-corrected chi connectivity index (χ4v) is 3.98. The Bertz CT molecular complexity index is 1660. The topological polar surface area (TPSA) is 251 Å². The number of carbonyl (C=O) groups excluding carboxylic acids is 3. The van der Waals surface area contributed by atoms with Gasteiger partial charge in [0, 0.05) is 19.6 Å². The summed E-state index contributed by atoms with van der Waals surface area (Å²) in [6.45, 7) is -3.02. The molecule has 20 nitrogen and oxygen atoms in total. The first-order chi connectivity index (χ1) is 20.9. The van der Waals surface area contributed by atoms with Crippen LogP contribution >= 0.6 is 0 Å². The quantitative estimate of drug-likeness (QED) is 0.122. The summed E-state index contributed by atoms with van der Waals surface area (Å²) in [5, 5.41) is 18.3. The number of hydrogen-bond acceptors (Lipinski definition) is 14. The molecule has 0 radical (unpaired) electrons. The molecule has 2 N–H and O–H groups in total. The van der Waals surface area contributed by atoms with E-state index < -0.39 is 124 Å². The molecule has 0 aromatic carbocycles. The molecule has 2 heterocycles. The minimum atomic E-state index is -1.13. The number of carbonyl (C=O) groups is 3. The highest BCUT2D eigenvalue weighted by molar-refractivity contribution is 5.69. The minimum absolute atomic E-state index is 0.0543. The van der Waals surface area contributed by atoms with Crippen molar-refractivity contribution in [2.24, 2.45) is 0 Å². The molecule has 0 saturated heterocycles. The second-order valence-electron chi connectivity index (χ2n) is 8.90. The fourth-order valence-electron chi connectivity index (χ4n) is 3.98. The molecule has 44 heavy (non-hydrogen) atoms. The van der Waals surface area contributed by atoms with Gasteiger partial charge in [-0.1, -0.05) is 0 Å². The van der Waals surface area contributed by atoms with Gasteiger partial charge in [-0.25, -0.2) is 56.2 Å². The molecule has 0 fully saturated rings. The van der Waals surface area contributed by atoms with Crippen LogP contribution in [0.5, 0.6) is 0 Å². The highest BCUT2D eigenvalue weighted by Crippen LogP contribution is 1.94. The van der Waals surface area contributed by atoms with Gasteiger partial charge < -0.3 is 24.4 Å². The van der Waals surface area contributed by atoms with Crippen molar-refractivity contribution < 1.29 is 38.8 Å². The Hall–Kier alpha value is -4.85. The molecule has 2 aromatic rings. The normalized spacial score (nSPS) is 10.9. The van der Waals surface area contributed by atoms with Crippen LogP contribution in [0.25, 0.3) is 0 Å². The maximum atomic E-state index is 13.0. The highest BCUT2D eigenvalue weighted by atomic mass is 16.5. The van der Waals surface area contributed by atoms with Crippen molar-refractivity contribution >= 4 is 17.9 Å². The van der Waals surface area contributed by atoms with Crippen molar-refractivity contribution in [3.63, 3.8) is 0 Å². The molecule has 0 aliphatic carbocycles. The van der Waals surface area contributed by atoms with E-state index in [1.807, 2.05) is 0 Å². The van der Waals surface area contributed by atoms with Crippen LogP contribution in [0.1, 0.15) is 26.2 Å². The third-order valence-electron chi connectivity index (χ3n) is 6.15. The number of esters is 3. The van der Waals surface area contributed by atoms with Crippen LogP contribution in [-0.2, 0) is 67.9 Å². The molecule has 0 bridgehead atoms. The second-order valence-corrected chi connectivity index (χ2v) is 8.90. The summed E-state index contributed by atoms with van der Waals surface area (Å²) in [5.74, 6) is -2.44. The summed E-state index contributed by atoms with van der Waals surface area (Å²) in [5.41, 5.74) is -6.55. The molecule has 0 saturated carbocycles. The molecule has 2 aromatic heterocycles. The van der Waals surface area contributed by atoms with Crippen molar-refractivity contribution in [3.05, 3.63) is 62.9 Å². The first kappa shape index (κ1) is 35.3. The first-order valence-corrected chi connectivity index (χ1v) is 13.4.